The van der Waals surface area contributed by atoms with Crippen LogP contribution in [-0.4, -0.2) is 33.4 Å². The zero-order valence-corrected chi connectivity index (χ0v) is 13.2. The predicted molar refractivity (Wildman–Crippen MR) is 86.2 cm³/mol. The lowest BCUT2D eigenvalue weighted by molar-refractivity contribution is -0.140. The van der Waals surface area contributed by atoms with Crippen LogP contribution in [0, 0.1) is 5.92 Å². The molecule has 1 amide bonds. The van der Waals surface area contributed by atoms with E-state index in [0.717, 1.165) is 5.56 Å². The number of H-pyrrole nitrogens is 1. The molecule has 0 aliphatic carbocycles. The van der Waals surface area contributed by atoms with E-state index in [9.17, 15) is 14.7 Å². The van der Waals surface area contributed by atoms with Crippen molar-refractivity contribution in [1.82, 2.24) is 9.88 Å². The number of nitrogens with one attached hydrogen (secondary N) is 1. The zero-order valence-electron chi connectivity index (χ0n) is 13.2. The predicted octanol–water partition coefficient (Wildman–Crippen LogP) is 3.04. The Morgan fingerprint density at radius 3 is 2.65 bits per heavy atom. The maximum absolute atomic E-state index is 12.9. The normalized spacial score (nSPS) is 20.7. The molecular formula is C18H20N2O3. The summed E-state index contributed by atoms with van der Waals surface area (Å²) in [6, 6.07) is 8.37. The summed E-state index contributed by atoms with van der Waals surface area (Å²) < 4.78 is 0. The lowest BCUT2D eigenvalue weighted by Gasteiger charge is -2.41. The largest absolute Gasteiger partial charge is 0.481 e. The molecule has 0 bridgehead atoms. The Morgan fingerprint density at radius 2 is 2.04 bits per heavy atom. The van der Waals surface area contributed by atoms with Gasteiger partial charge in [-0.3, -0.25) is 9.59 Å². The molecule has 0 unspecified atom stereocenters. The summed E-state index contributed by atoms with van der Waals surface area (Å²) in [4.78, 5) is 29.6. The number of hydrogen-bond donors (Lipinski definition) is 2. The first-order chi connectivity index (χ1) is 11.0. The van der Waals surface area contributed by atoms with Gasteiger partial charge in [-0.05, 0) is 29.2 Å². The van der Waals surface area contributed by atoms with Gasteiger partial charge in [-0.1, -0.05) is 32.0 Å². The Hall–Kier alpha value is -2.56. The molecule has 2 atom stereocenters. The number of aliphatic carboxylic acids is 1. The third-order valence-electron chi connectivity index (χ3n) is 4.23. The highest BCUT2D eigenvalue weighted by molar-refractivity contribution is 6.00. The molecular weight excluding hydrogens is 292 g/mol. The maximum atomic E-state index is 12.9. The molecule has 120 valence electrons. The van der Waals surface area contributed by atoms with E-state index in [0.29, 0.717) is 17.7 Å². The summed E-state index contributed by atoms with van der Waals surface area (Å²) in [6.07, 6.45) is 3.53. The molecule has 5 heteroatoms. The first-order valence-electron chi connectivity index (χ1n) is 7.76. The van der Waals surface area contributed by atoms with Crippen molar-refractivity contribution in [1.29, 1.82) is 0 Å². The van der Waals surface area contributed by atoms with E-state index < -0.39 is 17.9 Å². The van der Waals surface area contributed by atoms with Crippen molar-refractivity contribution in [2.45, 2.75) is 25.8 Å². The molecule has 1 aromatic carbocycles. The second-order valence-electron chi connectivity index (χ2n) is 6.34. The van der Waals surface area contributed by atoms with Gasteiger partial charge >= 0.3 is 5.97 Å². The number of rotatable bonds is 4. The lowest BCUT2D eigenvalue weighted by atomic mass is 9.80. The number of carbonyl (C=O) groups is 2. The van der Waals surface area contributed by atoms with Gasteiger partial charge in [-0.2, -0.15) is 0 Å². The van der Waals surface area contributed by atoms with Crippen molar-refractivity contribution in [3.8, 4) is 0 Å². The third-order valence-corrected chi connectivity index (χ3v) is 4.23. The monoisotopic (exact) mass is 312 g/mol. The zero-order chi connectivity index (χ0) is 16.6. The molecule has 0 saturated carbocycles. The van der Waals surface area contributed by atoms with E-state index >= 15 is 0 Å². The smallest absolute Gasteiger partial charge is 0.313 e. The standard InChI is InChI=1S/C18H20N2O3/c1-11(2)10-20-16(12-7-8-19-9-12)15(18(22)23)13-5-3-4-6-14(13)17(20)21/h3-9,11,15-16,19H,10H2,1-2H3,(H,22,23)/t15-,16+/m0/s1. The molecule has 1 aliphatic rings. The van der Waals surface area contributed by atoms with Gasteiger partial charge in [-0.25, -0.2) is 0 Å². The van der Waals surface area contributed by atoms with Crippen molar-refractivity contribution >= 4 is 11.9 Å². The minimum atomic E-state index is -0.912. The summed E-state index contributed by atoms with van der Waals surface area (Å²) >= 11 is 0. The summed E-state index contributed by atoms with van der Waals surface area (Å²) in [5, 5.41) is 9.84. The van der Waals surface area contributed by atoms with E-state index in [-0.39, 0.29) is 11.8 Å². The van der Waals surface area contributed by atoms with E-state index in [1.807, 2.05) is 19.9 Å². The van der Waals surface area contributed by atoms with Crippen molar-refractivity contribution in [3.63, 3.8) is 0 Å². The first kappa shape index (κ1) is 15.3. The number of carbonyl (C=O) groups excluding carboxylic acids is 1. The Kier molecular flexibility index (Phi) is 3.94. The quantitative estimate of drug-likeness (QED) is 0.911. The van der Waals surface area contributed by atoms with Crippen LogP contribution in [0.2, 0.25) is 0 Å². The van der Waals surface area contributed by atoms with E-state index in [1.165, 1.54) is 0 Å². The fourth-order valence-corrected chi connectivity index (χ4v) is 3.35. The van der Waals surface area contributed by atoms with Crippen LogP contribution in [0.15, 0.2) is 42.7 Å². The van der Waals surface area contributed by atoms with Crippen molar-refractivity contribution < 1.29 is 14.7 Å². The highest BCUT2D eigenvalue weighted by Gasteiger charge is 2.44. The number of benzene rings is 1. The van der Waals surface area contributed by atoms with Crippen LogP contribution < -0.4 is 0 Å². The van der Waals surface area contributed by atoms with E-state index in [2.05, 4.69) is 4.98 Å². The van der Waals surface area contributed by atoms with Crippen molar-refractivity contribution in [3.05, 3.63) is 59.4 Å². The summed E-state index contributed by atoms with van der Waals surface area (Å²) in [5.41, 5.74) is 1.91. The van der Waals surface area contributed by atoms with Gasteiger partial charge in [0, 0.05) is 24.5 Å². The average Bonchev–Trinajstić information content (AvgIpc) is 3.03. The molecule has 1 aliphatic heterocycles. The fraction of sp³-hybridized carbons (Fsp3) is 0.333. The minimum absolute atomic E-state index is 0.0991. The molecule has 0 radical (unpaired) electrons. The third kappa shape index (κ3) is 2.63. The molecule has 0 fully saturated rings. The lowest BCUT2D eigenvalue weighted by Crippen LogP contribution is -2.46. The van der Waals surface area contributed by atoms with Crippen molar-refractivity contribution in [2.75, 3.05) is 6.54 Å². The Morgan fingerprint density at radius 1 is 1.30 bits per heavy atom. The highest BCUT2D eigenvalue weighted by Crippen LogP contribution is 2.42. The minimum Gasteiger partial charge on any atom is -0.481 e. The second kappa shape index (κ2) is 5.91. The number of carboxylic acids is 1. The van der Waals surface area contributed by atoms with Crippen LogP contribution in [0.1, 0.15) is 47.3 Å². The number of hydrogen-bond acceptors (Lipinski definition) is 2. The Labute approximate surface area is 134 Å². The summed E-state index contributed by atoms with van der Waals surface area (Å²) in [6.45, 7) is 4.57. The van der Waals surface area contributed by atoms with Crippen LogP contribution >= 0.6 is 0 Å². The van der Waals surface area contributed by atoms with Gasteiger partial charge in [0.05, 0.1) is 6.04 Å². The molecule has 1 aromatic heterocycles. The molecule has 5 nitrogen and oxygen atoms in total. The van der Waals surface area contributed by atoms with Crippen LogP contribution in [0.3, 0.4) is 0 Å². The van der Waals surface area contributed by atoms with Crippen LogP contribution in [0.4, 0.5) is 0 Å². The number of nitrogens with zero attached hydrogens (tertiary/aromatic N) is 1. The van der Waals surface area contributed by atoms with Crippen LogP contribution in [0.5, 0.6) is 0 Å². The molecule has 23 heavy (non-hydrogen) atoms. The van der Waals surface area contributed by atoms with E-state index in [4.69, 9.17) is 0 Å². The van der Waals surface area contributed by atoms with Crippen molar-refractivity contribution in [2.24, 2.45) is 5.92 Å². The van der Waals surface area contributed by atoms with Crippen LogP contribution in [0.25, 0.3) is 0 Å². The van der Waals surface area contributed by atoms with Gasteiger partial charge in [0.1, 0.15) is 5.92 Å². The van der Waals surface area contributed by atoms with Gasteiger partial charge in [0.2, 0.25) is 0 Å². The molecule has 0 spiro atoms. The van der Waals surface area contributed by atoms with Gasteiger partial charge < -0.3 is 15.0 Å². The number of aromatic nitrogens is 1. The molecule has 2 N–H and O–H groups in total. The van der Waals surface area contributed by atoms with Gasteiger partial charge in [0.15, 0.2) is 0 Å². The van der Waals surface area contributed by atoms with E-state index in [1.54, 1.807) is 41.6 Å². The number of carboxylic acid groups (broad SMARTS) is 1. The van der Waals surface area contributed by atoms with Gasteiger partial charge in [-0.15, -0.1) is 0 Å². The molecule has 0 saturated heterocycles. The maximum Gasteiger partial charge on any atom is 0.313 e. The first-order valence-corrected chi connectivity index (χ1v) is 7.76. The Bertz CT molecular complexity index is 722. The van der Waals surface area contributed by atoms with Crippen LogP contribution in [-0.2, 0) is 4.79 Å². The topological polar surface area (TPSA) is 73.4 Å². The highest BCUT2D eigenvalue weighted by atomic mass is 16.4. The fourth-order valence-electron chi connectivity index (χ4n) is 3.35. The molecule has 2 heterocycles. The summed E-state index contributed by atoms with van der Waals surface area (Å²) in [5.74, 6) is -1.53. The number of amides is 1. The number of aromatic amines is 1. The molecule has 2 aromatic rings. The second-order valence-corrected chi connectivity index (χ2v) is 6.34. The summed E-state index contributed by atoms with van der Waals surface area (Å²) in [7, 11) is 0. The molecule has 3 rings (SSSR count). The number of fused-ring (bicyclic) bond motifs is 1. The average molecular weight is 312 g/mol. The SMILES string of the molecule is CC(C)CN1C(=O)c2ccccc2[C@H](C(=O)O)[C@H]1c1cc[nH]c1. The Balaban J connectivity index is 2.19. The van der Waals surface area contributed by atoms with Gasteiger partial charge in [0.25, 0.3) is 5.91 Å².